The molecule has 0 aliphatic heterocycles. The fourth-order valence-corrected chi connectivity index (χ4v) is 2.15. The second kappa shape index (κ2) is 9.93. The van der Waals surface area contributed by atoms with Crippen molar-refractivity contribution >= 4 is 23.3 Å². The van der Waals surface area contributed by atoms with Gasteiger partial charge < -0.3 is 20.9 Å². The highest BCUT2D eigenvalue weighted by molar-refractivity contribution is 5.94. The number of urea groups is 1. The van der Waals surface area contributed by atoms with E-state index in [1.54, 1.807) is 6.07 Å². The Labute approximate surface area is 145 Å². The molecular weight excluding hydrogens is 304 g/mol. The molecule has 0 unspecified atom stereocenters. The third-order valence-corrected chi connectivity index (χ3v) is 3.89. The quantitative estimate of drug-likeness (QED) is 0.684. The number of hydrogen-bond donors (Lipinski definition) is 3. The summed E-state index contributed by atoms with van der Waals surface area (Å²) in [6.45, 7) is 13.2. The number of benzene rings is 1. The Bertz CT molecular complexity index is 554. The first kappa shape index (κ1) is 20.0. The number of carbonyl (C=O) groups is 2. The molecule has 3 N–H and O–H groups in total. The first-order valence-corrected chi connectivity index (χ1v) is 8.56. The van der Waals surface area contributed by atoms with Gasteiger partial charge in [0.15, 0.2) is 0 Å². The molecule has 6 heteroatoms. The summed E-state index contributed by atoms with van der Waals surface area (Å²) in [7, 11) is 0. The maximum Gasteiger partial charge on any atom is 0.319 e. The zero-order chi connectivity index (χ0) is 18.1. The molecule has 0 saturated carbocycles. The van der Waals surface area contributed by atoms with Crippen LogP contribution in [-0.4, -0.2) is 43.0 Å². The summed E-state index contributed by atoms with van der Waals surface area (Å²) in [5, 5.41) is 8.54. The van der Waals surface area contributed by atoms with Crippen LogP contribution < -0.4 is 16.0 Å². The van der Waals surface area contributed by atoms with E-state index in [1.165, 1.54) is 0 Å². The molecule has 1 aromatic carbocycles. The standard InChI is InChI=1S/C18H30N4O2/c1-6-22(7-2)11-10-19-18(24)21-16-12-15(9-8-14(16)5)20-17(23)13(3)4/h8-9,12-13H,6-7,10-11H2,1-5H3,(H,20,23)(H2,19,21,24). The minimum absolute atomic E-state index is 0.0477. The van der Waals surface area contributed by atoms with Gasteiger partial charge in [0.25, 0.3) is 0 Å². The molecule has 134 valence electrons. The largest absolute Gasteiger partial charge is 0.337 e. The molecular formula is C18H30N4O2. The van der Waals surface area contributed by atoms with Crippen molar-refractivity contribution in [3.63, 3.8) is 0 Å². The van der Waals surface area contributed by atoms with Crippen molar-refractivity contribution in [3.05, 3.63) is 23.8 Å². The predicted molar refractivity (Wildman–Crippen MR) is 99.5 cm³/mol. The summed E-state index contributed by atoms with van der Waals surface area (Å²) in [6, 6.07) is 5.25. The molecule has 0 heterocycles. The molecule has 0 radical (unpaired) electrons. The first-order chi connectivity index (χ1) is 11.4. The van der Waals surface area contributed by atoms with Gasteiger partial charge in [-0.15, -0.1) is 0 Å². The molecule has 0 spiro atoms. The Balaban J connectivity index is 2.59. The number of hydrogen-bond acceptors (Lipinski definition) is 3. The van der Waals surface area contributed by atoms with Gasteiger partial charge >= 0.3 is 6.03 Å². The van der Waals surface area contributed by atoms with Gasteiger partial charge in [0.2, 0.25) is 5.91 Å². The van der Waals surface area contributed by atoms with Crippen molar-refractivity contribution < 1.29 is 9.59 Å². The third-order valence-electron chi connectivity index (χ3n) is 3.89. The summed E-state index contributed by atoms with van der Waals surface area (Å²) in [6.07, 6.45) is 0. The molecule has 0 bridgehead atoms. The van der Waals surface area contributed by atoms with Crippen molar-refractivity contribution in [2.24, 2.45) is 5.92 Å². The highest BCUT2D eigenvalue weighted by atomic mass is 16.2. The Morgan fingerprint density at radius 3 is 2.38 bits per heavy atom. The van der Waals surface area contributed by atoms with E-state index >= 15 is 0 Å². The minimum atomic E-state index is -0.238. The predicted octanol–water partition coefficient (Wildman–Crippen LogP) is 3.05. The van der Waals surface area contributed by atoms with E-state index in [9.17, 15) is 9.59 Å². The number of nitrogens with zero attached hydrogens (tertiary/aromatic N) is 1. The Hall–Kier alpha value is -2.08. The van der Waals surface area contributed by atoms with Crippen LogP contribution >= 0.6 is 0 Å². The number of carbonyl (C=O) groups excluding carboxylic acids is 2. The summed E-state index contributed by atoms with van der Waals surface area (Å²) in [5.41, 5.74) is 2.31. The van der Waals surface area contributed by atoms with Crippen LogP contribution in [0.4, 0.5) is 16.2 Å². The van der Waals surface area contributed by atoms with Gasteiger partial charge in [-0.1, -0.05) is 33.8 Å². The second-order valence-electron chi connectivity index (χ2n) is 6.08. The average Bonchev–Trinajstić information content (AvgIpc) is 2.54. The summed E-state index contributed by atoms with van der Waals surface area (Å²) in [5.74, 6) is -0.139. The first-order valence-electron chi connectivity index (χ1n) is 8.56. The smallest absolute Gasteiger partial charge is 0.319 e. The molecule has 0 atom stereocenters. The van der Waals surface area contributed by atoms with Crippen molar-refractivity contribution in [1.29, 1.82) is 0 Å². The van der Waals surface area contributed by atoms with Crippen molar-refractivity contribution in [1.82, 2.24) is 10.2 Å². The number of nitrogens with one attached hydrogen (secondary N) is 3. The van der Waals surface area contributed by atoms with E-state index in [2.05, 4.69) is 34.7 Å². The van der Waals surface area contributed by atoms with E-state index in [0.29, 0.717) is 17.9 Å². The van der Waals surface area contributed by atoms with E-state index in [0.717, 1.165) is 25.2 Å². The second-order valence-corrected chi connectivity index (χ2v) is 6.08. The zero-order valence-corrected chi connectivity index (χ0v) is 15.4. The van der Waals surface area contributed by atoms with E-state index in [1.807, 2.05) is 32.9 Å². The van der Waals surface area contributed by atoms with Crippen LogP contribution in [0.5, 0.6) is 0 Å². The summed E-state index contributed by atoms with van der Waals surface area (Å²) < 4.78 is 0. The lowest BCUT2D eigenvalue weighted by atomic mass is 10.1. The van der Waals surface area contributed by atoms with Gasteiger partial charge in [0.05, 0.1) is 0 Å². The Morgan fingerprint density at radius 1 is 1.12 bits per heavy atom. The molecule has 0 aliphatic rings. The molecule has 0 fully saturated rings. The lowest BCUT2D eigenvalue weighted by molar-refractivity contribution is -0.118. The Kier molecular flexibility index (Phi) is 8.26. The molecule has 0 saturated heterocycles. The zero-order valence-electron chi connectivity index (χ0n) is 15.4. The molecule has 24 heavy (non-hydrogen) atoms. The molecule has 1 aromatic rings. The minimum Gasteiger partial charge on any atom is -0.337 e. The van der Waals surface area contributed by atoms with Crippen LogP contribution in [-0.2, 0) is 4.79 Å². The van der Waals surface area contributed by atoms with E-state index in [4.69, 9.17) is 0 Å². The number of rotatable bonds is 8. The van der Waals surface area contributed by atoms with Gasteiger partial charge in [-0.3, -0.25) is 4.79 Å². The van der Waals surface area contributed by atoms with Crippen LogP contribution in [0.15, 0.2) is 18.2 Å². The number of aryl methyl sites for hydroxylation is 1. The van der Waals surface area contributed by atoms with Crippen LogP contribution in [0, 0.1) is 12.8 Å². The van der Waals surface area contributed by atoms with Crippen LogP contribution in [0.3, 0.4) is 0 Å². The SMILES string of the molecule is CCN(CC)CCNC(=O)Nc1cc(NC(=O)C(C)C)ccc1C. The molecule has 6 nitrogen and oxygen atoms in total. The van der Waals surface area contributed by atoms with Gasteiger partial charge in [0, 0.05) is 30.4 Å². The molecule has 1 rings (SSSR count). The molecule has 0 aliphatic carbocycles. The Morgan fingerprint density at radius 2 is 1.79 bits per heavy atom. The highest BCUT2D eigenvalue weighted by Crippen LogP contribution is 2.20. The summed E-state index contributed by atoms with van der Waals surface area (Å²) in [4.78, 5) is 26.1. The van der Waals surface area contributed by atoms with Crippen LogP contribution in [0.2, 0.25) is 0 Å². The van der Waals surface area contributed by atoms with Gasteiger partial charge in [-0.05, 0) is 37.7 Å². The maximum atomic E-state index is 12.0. The van der Waals surface area contributed by atoms with Crippen molar-refractivity contribution in [3.8, 4) is 0 Å². The topological polar surface area (TPSA) is 73.5 Å². The molecule has 0 aromatic heterocycles. The number of likely N-dealkylation sites (N-methyl/N-ethyl adjacent to an activating group) is 1. The van der Waals surface area contributed by atoms with Crippen molar-refractivity contribution in [2.45, 2.75) is 34.6 Å². The summed E-state index contributed by atoms with van der Waals surface area (Å²) >= 11 is 0. The monoisotopic (exact) mass is 334 g/mol. The van der Waals surface area contributed by atoms with E-state index < -0.39 is 0 Å². The number of anilines is 2. The van der Waals surface area contributed by atoms with Gasteiger partial charge in [0.1, 0.15) is 0 Å². The fourth-order valence-electron chi connectivity index (χ4n) is 2.15. The number of amides is 3. The highest BCUT2D eigenvalue weighted by Gasteiger charge is 2.10. The third kappa shape index (κ3) is 6.58. The average molecular weight is 334 g/mol. The van der Waals surface area contributed by atoms with Gasteiger partial charge in [-0.2, -0.15) is 0 Å². The lowest BCUT2D eigenvalue weighted by Crippen LogP contribution is -2.37. The van der Waals surface area contributed by atoms with Crippen molar-refractivity contribution in [2.75, 3.05) is 36.8 Å². The normalized spacial score (nSPS) is 10.8. The van der Waals surface area contributed by atoms with Gasteiger partial charge in [-0.25, -0.2) is 4.79 Å². The molecule has 3 amide bonds. The van der Waals surface area contributed by atoms with Crippen LogP contribution in [0.25, 0.3) is 0 Å². The lowest BCUT2D eigenvalue weighted by Gasteiger charge is -2.18. The van der Waals surface area contributed by atoms with Crippen LogP contribution in [0.1, 0.15) is 33.3 Å². The maximum absolute atomic E-state index is 12.0. The van der Waals surface area contributed by atoms with E-state index in [-0.39, 0.29) is 17.9 Å². The fraction of sp³-hybridized carbons (Fsp3) is 0.556.